The van der Waals surface area contributed by atoms with Crippen molar-refractivity contribution in [1.29, 1.82) is 0 Å². The van der Waals surface area contributed by atoms with Crippen LogP contribution in [0.4, 0.5) is 11.5 Å². The monoisotopic (exact) mass is 219 g/mol. The quantitative estimate of drug-likeness (QED) is 0.800. The number of aromatic nitrogens is 1. The van der Waals surface area contributed by atoms with Gasteiger partial charge in [0.1, 0.15) is 5.82 Å². The summed E-state index contributed by atoms with van der Waals surface area (Å²) in [5, 5.41) is 3.50. The van der Waals surface area contributed by atoms with Crippen molar-refractivity contribution in [1.82, 2.24) is 4.98 Å². The van der Waals surface area contributed by atoms with Crippen molar-refractivity contribution in [2.24, 2.45) is 5.92 Å². The van der Waals surface area contributed by atoms with Crippen molar-refractivity contribution in [2.45, 2.75) is 45.6 Å². The molecular weight excluding hydrogens is 198 g/mol. The Morgan fingerprint density at radius 3 is 2.81 bits per heavy atom. The fraction of sp³-hybridized carbons (Fsp3) is 0.615. The molecule has 0 spiro atoms. The first-order valence-electron chi connectivity index (χ1n) is 6.18. The number of aryl methyl sites for hydroxylation is 1. The van der Waals surface area contributed by atoms with E-state index < -0.39 is 0 Å². The number of nitrogens with two attached hydrogens (primary N) is 1. The average Bonchev–Trinajstić information content (AvgIpc) is 3.06. The summed E-state index contributed by atoms with van der Waals surface area (Å²) in [4.78, 5) is 4.45. The second kappa shape index (κ2) is 4.73. The number of nitrogens with zero attached hydrogens (tertiary/aromatic N) is 1. The Hall–Kier alpha value is -1.25. The maximum Gasteiger partial charge on any atom is 0.126 e. The molecule has 1 unspecified atom stereocenters. The Bertz CT molecular complexity index is 358. The number of anilines is 2. The molecule has 3 nitrogen and oxygen atoms in total. The molecule has 0 amide bonds. The fourth-order valence-electron chi connectivity index (χ4n) is 1.94. The standard InChI is InChI=1S/C13H21N3/c1-3-11(8-10-4-5-10)16-13-7-6-12(14)9(2)15-13/h6-7,10-11H,3-5,8,14H2,1-2H3,(H,15,16). The number of hydrogen-bond donors (Lipinski definition) is 2. The van der Waals surface area contributed by atoms with Gasteiger partial charge in [-0.05, 0) is 37.8 Å². The maximum absolute atomic E-state index is 5.75. The van der Waals surface area contributed by atoms with E-state index in [1.165, 1.54) is 19.3 Å². The Kier molecular flexibility index (Phi) is 3.32. The normalized spacial score (nSPS) is 17.1. The third-order valence-electron chi connectivity index (χ3n) is 3.29. The first kappa shape index (κ1) is 11.2. The molecule has 3 heteroatoms. The summed E-state index contributed by atoms with van der Waals surface area (Å²) in [6.45, 7) is 4.17. The zero-order valence-electron chi connectivity index (χ0n) is 10.2. The second-order valence-corrected chi connectivity index (χ2v) is 4.80. The molecule has 1 heterocycles. The molecule has 1 aromatic heterocycles. The van der Waals surface area contributed by atoms with Gasteiger partial charge in [-0.1, -0.05) is 19.8 Å². The topological polar surface area (TPSA) is 50.9 Å². The van der Waals surface area contributed by atoms with Crippen LogP contribution in [0.2, 0.25) is 0 Å². The van der Waals surface area contributed by atoms with Crippen LogP contribution in [0.3, 0.4) is 0 Å². The van der Waals surface area contributed by atoms with Gasteiger partial charge in [0, 0.05) is 6.04 Å². The molecule has 0 bridgehead atoms. The van der Waals surface area contributed by atoms with E-state index in [2.05, 4.69) is 17.2 Å². The van der Waals surface area contributed by atoms with Gasteiger partial charge in [-0.15, -0.1) is 0 Å². The average molecular weight is 219 g/mol. The van der Waals surface area contributed by atoms with Gasteiger partial charge in [-0.2, -0.15) is 0 Å². The van der Waals surface area contributed by atoms with Gasteiger partial charge in [0.25, 0.3) is 0 Å². The summed E-state index contributed by atoms with van der Waals surface area (Å²) in [6, 6.07) is 4.45. The van der Waals surface area contributed by atoms with Crippen molar-refractivity contribution in [2.75, 3.05) is 11.1 Å². The molecule has 88 valence electrons. The molecule has 0 saturated heterocycles. The molecule has 1 aliphatic carbocycles. The van der Waals surface area contributed by atoms with Crippen LogP contribution >= 0.6 is 0 Å². The summed E-state index contributed by atoms with van der Waals surface area (Å²) in [6.07, 6.45) is 5.25. The predicted molar refractivity (Wildman–Crippen MR) is 68.4 cm³/mol. The van der Waals surface area contributed by atoms with Gasteiger partial charge < -0.3 is 11.1 Å². The van der Waals surface area contributed by atoms with Crippen LogP contribution in [-0.4, -0.2) is 11.0 Å². The van der Waals surface area contributed by atoms with E-state index in [1.54, 1.807) is 0 Å². The van der Waals surface area contributed by atoms with E-state index >= 15 is 0 Å². The number of nitrogens with one attached hydrogen (secondary N) is 1. The number of rotatable bonds is 5. The van der Waals surface area contributed by atoms with Gasteiger partial charge >= 0.3 is 0 Å². The highest BCUT2D eigenvalue weighted by Gasteiger charge is 2.24. The van der Waals surface area contributed by atoms with Crippen LogP contribution < -0.4 is 11.1 Å². The van der Waals surface area contributed by atoms with Crippen molar-refractivity contribution in [3.63, 3.8) is 0 Å². The minimum absolute atomic E-state index is 0.558. The van der Waals surface area contributed by atoms with Gasteiger partial charge in [-0.25, -0.2) is 4.98 Å². The summed E-state index contributed by atoms with van der Waals surface area (Å²) >= 11 is 0. The molecule has 1 aromatic rings. The molecule has 1 atom stereocenters. The van der Waals surface area contributed by atoms with E-state index in [0.29, 0.717) is 6.04 Å². The molecule has 1 fully saturated rings. The Labute approximate surface area is 97.5 Å². The second-order valence-electron chi connectivity index (χ2n) is 4.80. The molecular formula is C13H21N3. The SMILES string of the molecule is CCC(CC1CC1)Nc1ccc(N)c(C)n1. The van der Waals surface area contributed by atoms with Crippen molar-refractivity contribution in [3.8, 4) is 0 Å². The highest BCUT2D eigenvalue weighted by Crippen LogP contribution is 2.34. The summed E-state index contributed by atoms with van der Waals surface area (Å²) in [5.41, 5.74) is 7.43. The number of nitrogen functional groups attached to an aromatic ring is 1. The Morgan fingerprint density at radius 1 is 1.50 bits per heavy atom. The smallest absolute Gasteiger partial charge is 0.126 e. The third kappa shape index (κ3) is 2.87. The molecule has 16 heavy (non-hydrogen) atoms. The zero-order valence-corrected chi connectivity index (χ0v) is 10.2. The molecule has 0 aromatic carbocycles. The van der Waals surface area contributed by atoms with E-state index in [1.807, 2.05) is 19.1 Å². The van der Waals surface area contributed by atoms with Crippen LogP contribution in [0.5, 0.6) is 0 Å². The fourth-order valence-corrected chi connectivity index (χ4v) is 1.94. The summed E-state index contributed by atoms with van der Waals surface area (Å²) < 4.78 is 0. The van der Waals surface area contributed by atoms with E-state index in [0.717, 1.165) is 29.5 Å². The molecule has 1 saturated carbocycles. The predicted octanol–water partition coefficient (Wildman–Crippen LogP) is 2.96. The van der Waals surface area contributed by atoms with Crippen molar-refractivity contribution >= 4 is 11.5 Å². The van der Waals surface area contributed by atoms with Crippen molar-refractivity contribution < 1.29 is 0 Å². The van der Waals surface area contributed by atoms with Crippen LogP contribution in [0.25, 0.3) is 0 Å². The van der Waals surface area contributed by atoms with E-state index in [9.17, 15) is 0 Å². The first-order valence-corrected chi connectivity index (χ1v) is 6.18. The number of hydrogen-bond acceptors (Lipinski definition) is 3. The third-order valence-corrected chi connectivity index (χ3v) is 3.29. The van der Waals surface area contributed by atoms with Gasteiger partial charge in [-0.3, -0.25) is 0 Å². The van der Waals surface area contributed by atoms with E-state index in [4.69, 9.17) is 5.73 Å². The Balaban J connectivity index is 1.97. The molecule has 0 aliphatic heterocycles. The lowest BCUT2D eigenvalue weighted by atomic mass is 10.1. The molecule has 2 rings (SSSR count). The van der Waals surface area contributed by atoms with Gasteiger partial charge in [0.05, 0.1) is 11.4 Å². The largest absolute Gasteiger partial charge is 0.397 e. The zero-order chi connectivity index (χ0) is 11.5. The summed E-state index contributed by atoms with van der Waals surface area (Å²) in [5.74, 6) is 1.91. The van der Waals surface area contributed by atoms with Crippen LogP contribution in [-0.2, 0) is 0 Å². The summed E-state index contributed by atoms with van der Waals surface area (Å²) in [7, 11) is 0. The van der Waals surface area contributed by atoms with Crippen LogP contribution in [0.1, 0.15) is 38.3 Å². The lowest BCUT2D eigenvalue weighted by Gasteiger charge is -2.17. The highest BCUT2D eigenvalue weighted by molar-refractivity contribution is 5.49. The minimum Gasteiger partial charge on any atom is -0.397 e. The van der Waals surface area contributed by atoms with E-state index in [-0.39, 0.29) is 0 Å². The molecule has 0 radical (unpaired) electrons. The van der Waals surface area contributed by atoms with Gasteiger partial charge in [0.2, 0.25) is 0 Å². The highest BCUT2D eigenvalue weighted by atomic mass is 15.0. The minimum atomic E-state index is 0.558. The number of pyridine rings is 1. The van der Waals surface area contributed by atoms with Crippen LogP contribution in [0.15, 0.2) is 12.1 Å². The molecule has 1 aliphatic rings. The molecule has 3 N–H and O–H groups in total. The maximum atomic E-state index is 5.75. The van der Waals surface area contributed by atoms with Gasteiger partial charge in [0.15, 0.2) is 0 Å². The van der Waals surface area contributed by atoms with Crippen molar-refractivity contribution in [3.05, 3.63) is 17.8 Å². The lowest BCUT2D eigenvalue weighted by molar-refractivity contribution is 0.585. The Morgan fingerprint density at radius 2 is 2.25 bits per heavy atom. The lowest BCUT2D eigenvalue weighted by Crippen LogP contribution is -2.20. The first-order chi connectivity index (χ1) is 7.69. The van der Waals surface area contributed by atoms with Crippen LogP contribution in [0, 0.1) is 12.8 Å².